The molecule has 2 amide bonds. The van der Waals surface area contributed by atoms with E-state index in [1.165, 1.54) is 6.92 Å². The molecule has 0 radical (unpaired) electrons. The van der Waals surface area contributed by atoms with Gasteiger partial charge in [-0.15, -0.1) is 0 Å². The minimum atomic E-state index is -0.513. The molecule has 0 atom stereocenters. The predicted molar refractivity (Wildman–Crippen MR) is 103 cm³/mol. The molecule has 0 aliphatic carbocycles. The molecule has 0 bridgehead atoms. The van der Waals surface area contributed by atoms with E-state index in [0.29, 0.717) is 25.6 Å². The summed E-state index contributed by atoms with van der Waals surface area (Å²) in [5.74, 6) is 0.506. The van der Waals surface area contributed by atoms with Gasteiger partial charge in [-0.05, 0) is 38.5 Å². The van der Waals surface area contributed by atoms with Crippen LogP contribution in [0.15, 0.2) is 29.3 Å². The summed E-state index contributed by atoms with van der Waals surface area (Å²) in [6.45, 7) is 8.39. The Hall–Kier alpha value is -2.77. The first kappa shape index (κ1) is 21.3. The summed E-state index contributed by atoms with van der Waals surface area (Å²) < 4.78 is 5.16. The largest absolute Gasteiger partial charge is 0.444 e. The number of amides is 2. The van der Waals surface area contributed by atoms with E-state index in [4.69, 9.17) is 4.74 Å². The molecule has 0 unspecified atom stereocenters. The number of alkyl carbamates (subject to hydrolysis) is 1. The molecule has 0 heterocycles. The molecule has 144 valence electrons. The first-order valence-electron chi connectivity index (χ1n) is 8.47. The van der Waals surface area contributed by atoms with Gasteiger partial charge in [0.05, 0.1) is 0 Å². The second-order valence-corrected chi connectivity index (χ2v) is 6.66. The Balaban J connectivity index is 2.35. The molecule has 26 heavy (non-hydrogen) atoms. The van der Waals surface area contributed by atoms with Gasteiger partial charge >= 0.3 is 6.09 Å². The number of carbonyl (C=O) groups excluding carboxylic acids is 2. The molecule has 0 aromatic heterocycles. The zero-order chi connectivity index (χ0) is 19.6. The molecule has 0 saturated heterocycles. The van der Waals surface area contributed by atoms with E-state index in [9.17, 15) is 9.59 Å². The number of hydrogen-bond acceptors (Lipinski definition) is 4. The fourth-order valence-electron chi connectivity index (χ4n) is 2.03. The number of carbonyl (C=O) groups is 2. The van der Waals surface area contributed by atoms with Crippen LogP contribution in [-0.2, 0) is 16.1 Å². The summed E-state index contributed by atoms with van der Waals surface area (Å²) in [4.78, 5) is 26.8. The molecule has 1 rings (SSSR count). The number of ether oxygens (including phenoxy) is 1. The maximum absolute atomic E-state index is 11.6. The number of anilines is 1. The Labute approximate surface area is 154 Å². The number of guanidine groups is 1. The lowest BCUT2D eigenvalue weighted by Gasteiger charge is -2.20. The molecule has 0 aliphatic heterocycles. The van der Waals surface area contributed by atoms with Crippen LogP contribution in [0.2, 0.25) is 0 Å². The number of benzene rings is 1. The van der Waals surface area contributed by atoms with Crippen molar-refractivity contribution in [1.82, 2.24) is 16.0 Å². The first-order chi connectivity index (χ1) is 12.2. The van der Waals surface area contributed by atoms with E-state index in [2.05, 4.69) is 26.3 Å². The van der Waals surface area contributed by atoms with Crippen LogP contribution in [-0.4, -0.2) is 43.7 Å². The Morgan fingerprint density at radius 2 is 1.81 bits per heavy atom. The van der Waals surface area contributed by atoms with Crippen molar-refractivity contribution < 1.29 is 14.3 Å². The number of nitrogens with zero attached hydrogens (tertiary/aromatic N) is 1. The van der Waals surface area contributed by atoms with Crippen LogP contribution >= 0.6 is 0 Å². The van der Waals surface area contributed by atoms with Gasteiger partial charge in [0, 0.05) is 39.3 Å². The van der Waals surface area contributed by atoms with Gasteiger partial charge in [0.25, 0.3) is 0 Å². The summed E-state index contributed by atoms with van der Waals surface area (Å²) in [7, 11) is 1.67. The monoisotopic (exact) mass is 363 g/mol. The van der Waals surface area contributed by atoms with Crippen molar-refractivity contribution in [3.63, 3.8) is 0 Å². The van der Waals surface area contributed by atoms with Crippen LogP contribution < -0.4 is 21.3 Å². The maximum Gasteiger partial charge on any atom is 0.407 e. The zero-order valence-corrected chi connectivity index (χ0v) is 16.1. The summed E-state index contributed by atoms with van der Waals surface area (Å²) >= 11 is 0. The van der Waals surface area contributed by atoms with Crippen molar-refractivity contribution in [3.8, 4) is 0 Å². The Morgan fingerprint density at radius 1 is 1.12 bits per heavy atom. The Bertz CT molecular complexity index is 638. The average molecular weight is 363 g/mol. The number of aliphatic imine (C=N–C) groups is 1. The highest BCUT2D eigenvalue weighted by atomic mass is 16.6. The third-order valence-electron chi connectivity index (χ3n) is 3.02. The number of rotatable bonds is 6. The minimum absolute atomic E-state index is 0.106. The van der Waals surface area contributed by atoms with Gasteiger partial charge in [0.2, 0.25) is 5.91 Å². The predicted octanol–water partition coefficient (Wildman–Crippen LogP) is 1.83. The van der Waals surface area contributed by atoms with Crippen molar-refractivity contribution in [3.05, 3.63) is 29.8 Å². The Kier molecular flexibility index (Phi) is 8.41. The van der Waals surface area contributed by atoms with Crippen molar-refractivity contribution in [1.29, 1.82) is 0 Å². The lowest BCUT2D eigenvalue weighted by molar-refractivity contribution is -0.114. The quantitative estimate of drug-likeness (QED) is 0.351. The summed E-state index contributed by atoms with van der Waals surface area (Å²) in [6.07, 6.45) is -0.447. The molecule has 4 N–H and O–H groups in total. The first-order valence-corrected chi connectivity index (χ1v) is 8.47. The summed E-state index contributed by atoms with van der Waals surface area (Å²) in [5.41, 5.74) is 1.24. The smallest absolute Gasteiger partial charge is 0.407 e. The second kappa shape index (κ2) is 10.3. The highest BCUT2D eigenvalue weighted by Crippen LogP contribution is 2.10. The van der Waals surface area contributed by atoms with Crippen LogP contribution in [0.4, 0.5) is 10.5 Å². The third kappa shape index (κ3) is 9.51. The van der Waals surface area contributed by atoms with Gasteiger partial charge in [-0.2, -0.15) is 0 Å². The molecule has 1 aromatic rings. The molecule has 8 heteroatoms. The van der Waals surface area contributed by atoms with Crippen molar-refractivity contribution >= 4 is 23.6 Å². The fraction of sp³-hybridized carbons (Fsp3) is 0.500. The van der Waals surface area contributed by atoms with E-state index in [1.807, 2.05) is 45.0 Å². The molecule has 0 fully saturated rings. The topological polar surface area (TPSA) is 104 Å². The van der Waals surface area contributed by atoms with E-state index in [-0.39, 0.29) is 5.91 Å². The highest BCUT2D eigenvalue weighted by Gasteiger charge is 2.15. The van der Waals surface area contributed by atoms with Gasteiger partial charge in [-0.25, -0.2) is 4.79 Å². The molecular formula is C18H29N5O3. The van der Waals surface area contributed by atoms with Crippen LogP contribution in [0.25, 0.3) is 0 Å². The SMILES string of the molecule is CN=C(NCCNC(=O)OC(C)(C)C)NCc1cccc(NC(C)=O)c1. The molecular weight excluding hydrogens is 334 g/mol. The zero-order valence-electron chi connectivity index (χ0n) is 16.1. The van der Waals surface area contributed by atoms with Crippen LogP contribution in [0.1, 0.15) is 33.3 Å². The highest BCUT2D eigenvalue weighted by molar-refractivity contribution is 5.88. The van der Waals surface area contributed by atoms with E-state index in [0.717, 1.165) is 11.3 Å². The Morgan fingerprint density at radius 3 is 2.42 bits per heavy atom. The van der Waals surface area contributed by atoms with Crippen LogP contribution in [0.5, 0.6) is 0 Å². The number of nitrogens with one attached hydrogen (secondary N) is 4. The molecule has 0 saturated carbocycles. The summed E-state index contributed by atoms with van der Waals surface area (Å²) in [5, 5.41) is 11.7. The van der Waals surface area contributed by atoms with E-state index in [1.54, 1.807) is 7.05 Å². The normalized spacial score (nSPS) is 11.5. The van der Waals surface area contributed by atoms with Crippen molar-refractivity contribution in [2.24, 2.45) is 4.99 Å². The van der Waals surface area contributed by atoms with Gasteiger partial charge < -0.3 is 26.0 Å². The lowest BCUT2D eigenvalue weighted by atomic mass is 10.2. The van der Waals surface area contributed by atoms with Crippen molar-refractivity contribution in [2.45, 2.75) is 39.8 Å². The minimum Gasteiger partial charge on any atom is -0.444 e. The molecule has 0 aliphatic rings. The van der Waals surface area contributed by atoms with Crippen LogP contribution in [0, 0.1) is 0 Å². The van der Waals surface area contributed by atoms with Crippen molar-refractivity contribution in [2.75, 3.05) is 25.5 Å². The molecule has 8 nitrogen and oxygen atoms in total. The van der Waals surface area contributed by atoms with Gasteiger partial charge in [-0.3, -0.25) is 9.79 Å². The fourth-order valence-corrected chi connectivity index (χ4v) is 2.03. The molecule has 1 aromatic carbocycles. The van der Waals surface area contributed by atoms with Gasteiger partial charge in [0.1, 0.15) is 5.60 Å². The maximum atomic E-state index is 11.6. The van der Waals surface area contributed by atoms with Crippen LogP contribution in [0.3, 0.4) is 0 Å². The lowest BCUT2D eigenvalue weighted by Crippen LogP contribution is -2.42. The van der Waals surface area contributed by atoms with E-state index >= 15 is 0 Å². The molecule has 0 spiro atoms. The van der Waals surface area contributed by atoms with Gasteiger partial charge in [0.15, 0.2) is 5.96 Å². The third-order valence-corrected chi connectivity index (χ3v) is 3.02. The number of hydrogen-bond donors (Lipinski definition) is 4. The average Bonchev–Trinajstić information content (AvgIpc) is 2.52. The standard InChI is InChI=1S/C18H29N5O3/c1-13(24)23-15-8-6-7-14(11-15)12-22-16(19-5)20-9-10-21-17(25)26-18(2,3)4/h6-8,11H,9-10,12H2,1-5H3,(H,21,25)(H,23,24)(H2,19,20,22). The summed E-state index contributed by atoms with van der Waals surface area (Å²) in [6, 6.07) is 7.56. The van der Waals surface area contributed by atoms with Gasteiger partial charge in [-0.1, -0.05) is 12.1 Å². The van der Waals surface area contributed by atoms with E-state index < -0.39 is 11.7 Å². The second-order valence-electron chi connectivity index (χ2n) is 6.66.